The Morgan fingerprint density at radius 3 is 2.84 bits per heavy atom. The van der Waals surface area contributed by atoms with Gasteiger partial charge in [-0.25, -0.2) is 0 Å². The van der Waals surface area contributed by atoms with E-state index in [2.05, 4.69) is 34.5 Å². The average Bonchev–Trinajstić information content (AvgIpc) is 2.42. The molecule has 1 heterocycles. The maximum atomic E-state index is 5.50. The standard InChI is InChI=1S/C14H24N4O/c1-12(2)11-19-9-8-17-14(15-3)18-10-13-6-4-5-7-16-13/h4-7,12H,8-11H2,1-3H3,(H2,15,17,18). The van der Waals surface area contributed by atoms with Crippen molar-refractivity contribution >= 4 is 5.96 Å². The van der Waals surface area contributed by atoms with E-state index in [0.717, 1.165) is 24.8 Å². The fourth-order valence-electron chi connectivity index (χ4n) is 1.46. The predicted octanol–water partition coefficient (Wildman–Crippen LogP) is 1.42. The van der Waals surface area contributed by atoms with E-state index in [1.165, 1.54) is 0 Å². The van der Waals surface area contributed by atoms with Crippen molar-refractivity contribution in [2.24, 2.45) is 10.9 Å². The first kappa shape index (κ1) is 15.4. The Bertz CT molecular complexity index is 365. The van der Waals surface area contributed by atoms with E-state index in [1.807, 2.05) is 18.2 Å². The Morgan fingerprint density at radius 1 is 1.37 bits per heavy atom. The second kappa shape index (κ2) is 9.33. The molecule has 0 saturated carbocycles. The fraction of sp³-hybridized carbons (Fsp3) is 0.571. The molecule has 0 unspecified atom stereocenters. The zero-order chi connectivity index (χ0) is 13.9. The highest BCUT2D eigenvalue weighted by molar-refractivity contribution is 5.79. The Hall–Kier alpha value is -1.62. The van der Waals surface area contributed by atoms with Crippen molar-refractivity contribution in [2.45, 2.75) is 20.4 Å². The molecule has 1 aromatic rings. The molecule has 1 aromatic heterocycles. The summed E-state index contributed by atoms with van der Waals surface area (Å²) >= 11 is 0. The van der Waals surface area contributed by atoms with Gasteiger partial charge in [-0.3, -0.25) is 9.98 Å². The van der Waals surface area contributed by atoms with Gasteiger partial charge in [0, 0.05) is 26.4 Å². The summed E-state index contributed by atoms with van der Waals surface area (Å²) in [7, 11) is 1.75. The van der Waals surface area contributed by atoms with Gasteiger partial charge in [-0.2, -0.15) is 0 Å². The summed E-state index contributed by atoms with van der Waals surface area (Å²) in [6.45, 7) is 7.16. The largest absolute Gasteiger partial charge is 0.379 e. The number of nitrogens with zero attached hydrogens (tertiary/aromatic N) is 2. The van der Waals surface area contributed by atoms with Crippen LogP contribution in [0.3, 0.4) is 0 Å². The van der Waals surface area contributed by atoms with E-state index in [-0.39, 0.29) is 0 Å². The lowest BCUT2D eigenvalue weighted by atomic mass is 10.2. The van der Waals surface area contributed by atoms with Crippen molar-refractivity contribution in [3.05, 3.63) is 30.1 Å². The third-order valence-corrected chi connectivity index (χ3v) is 2.38. The van der Waals surface area contributed by atoms with Crippen molar-refractivity contribution in [1.82, 2.24) is 15.6 Å². The van der Waals surface area contributed by atoms with E-state index < -0.39 is 0 Å². The number of nitrogens with one attached hydrogen (secondary N) is 2. The summed E-state index contributed by atoms with van der Waals surface area (Å²) in [5.41, 5.74) is 0.988. The number of pyridine rings is 1. The first-order valence-corrected chi connectivity index (χ1v) is 6.64. The van der Waals surface area contributed by atoms with Crippen LogP contribution in [0.25, 0.3) is 0 Å². The lowest BCUT2D eigenvalue weighted by Crippen LogP contribution is -2.38. The molecule has 0 aliphatic heterocycles. The molecule has 2 N–H and O–H groups in total. The number of rotatable bonds is 7. The van der Waals surface area contributed by atoms with Gasteiger partial charge >= 0.3 is 0 Å². The molecule has 0 aliphatic rings. The second-order valence-electron chi connectivity index (χ2n) is 4.64. The molecule has 0 spiro atoms. The Labute approximate surface area is 115 Å². The van der Waals surface area contributed by atoms with Gasteiger partial charge in [-0.05, 0) is 18.1 Å². The third-order valence-electron chi connectivity index (χ3n) is 2.38. The van der Waals surface area contributed by atoms with Gasteiger partial charge in [0.15, 0.2) is 5.96 Å². The van der Waals surface area contributed by atoms with Gasteiger partial charge in [0.05, 0.1) is 18.8 Å². The summed E-state index contributed by atoms with van der Waals surface area (Å²) in [4.78, 5) is 8.39. The molecule has 19 heavy (non-hydrogen) atoms. The van der Waals surface area contributed by atoms with Crippen molar-refractivity contribution in [3.63, 3.8) is 0 Å². The van der Waals surface area contributed by atoms with Crippen LogP contribution in [0.1, 0.15) is 19.5 Å². The lowest BCUT2D eigenvalue weighted by Gasteiger charge is -2.12. The summed E-state index contributed by atoms with van der Waals surface area (Å²) in [5.74, 6) is 1.33. The van der Waals surface area contributed by atoms with Crippen molar-refractivity contribution < 1.29 is 4.74 Å². The number of ether oxygens (including phenoxy) is 1. The van der Waals surface area contributed by atoms with E-state index in [9.17, 15) is 0 Å². The Balaban J connectivity index is 2.16. The van der Waals surface area contributed by atoms with Gasteiger partial charge < -0.3 is 15.4 Å². The predicted molar refractivity (Wildman–Crippen MR) is 78.1 cm³/mol. The number of hydrogen-bond donors (Lipinski definition) is 2. The average molecular weight is 264 g/mol. The van der Waals surface area contributed by atoms with Gasteiger partial charge in [-0.15, -0.1) is 0 Å². The highest BCUT2D eigenvalue weighted by Crippen LogP contribution is 1.92. The summed E-state index contributed by atoms with van der Waals surface area (Å²) in [6.07, 6.45) is 1.78. The summed E-state index contributed by atoms with van der Waals surface area (Å²) in [5, 5.41) is 6.41. The molecular formula is C14H24N4O. The van der Waals surface area contributed by atoms with Crippen LogP contribution in [0.5, 0.6) is 0 Å². The maximum absolute atomic E-state index is 5.50. The smallest absolute Gasteiger partial charge is 0.191 e. The minimum Gasteiger partial charge on any atom is -0.379 e. The number of guanidine groups is 1. The SMILES string of the molecule is CN=C(NCCOCC(C)C)NCc1ccccn1. The maximum Gasteiger partial charge on any atom is 0.191 e. The van der Waals surface area contributed by atoms with Crippen molar-refractivity contribution in [3.8, 4) is 0 Å². The molecule has 0 saturated heterocycles. The van der Waals surface area contributed by atoms with Crippen molar-refractivity contribution in [1.29, 1.82) is 0 Å². The minimum atomic E-state index is 0.571. The van der Waals surface area contributed by atoms with Crippen LogP contribution < -0.4 is 10.6 Å². The molecule has 0 fully saturated rings. The lowest BCUT2D eigenvalue weighted by molar-refractivity contribution is 0.114. The first-order valence-electron chi connectivity index (χ1n) is 6.64. The fourth-order valence-corrected chi connectivity index (χ4v) is 1.46. The topological polar surface area (TPSA) is 58.5 Å². The van der Waals surface area contributed by atoms with E-state index >= 15 is 0 Å². The van der Waals surface area contributed by atoms with Crippen LogP contribution in [0, 0.1) is 5.92 Å². The zero-order valence-electron chi connectivity index (χ0n) is 12.0. The van der Waals surface area contributed by atoms with E-state index in [0.29, 0.717) is 19.1 Å². The molecule has 0 aromatic carbocycles. The second-order valence-corrected chi connectivity index (χ2v) is 4.64. The van der Waals surface area contributed by atoms with E-state index in [1.54, 1.807) is 13.2 Å². The Morgan fingerprint density at radius 2 is 2.21 bits per heavy atom. The first-order chi connectivity index (χ1) is 9.22. The molecule has 0 amide bonds. The van der Waals surface area contributed by atoms with Crippen LogP contribution in [-0.4, -0.2) is 37.7 Å². The van der Waals surface area contributed by atoms with Crippen LogP contribution in [-0.2, 0) is 11.3 Å². The van der Waals surface area contributed by atoms with Crippen LogP contribution >= 0.6 is 0 Å². The monoisotopic (exact) mass is 264 g/mol. The molecule has 5 heteroatoms. The molecular weight excluding hydrogens is 240 g/mol. The number of aliphatic imine (C=N–C) groups is 1. The highest BCUT2D eigenvalue weighted by atomic mass is 16.5. The number of hydrogen-bond acceptors (Lipinski definition) is 3. The molecule has 0 atom stereocenters. The third kappa shape index (κ3) is 7.41. The minimum absolute atomic E-state index is 0.571. The summed E-state index contributed by atoms with van der Waals surface area (Å²) in [6, 6.07) is 5.86. The molecule has 0 radical (unpaired) electrons. The molecule has 1 rings (SSSR count). The van der Waals surface area contributed by atoms with Gasteiger partial charge in [0.2, 0.25) is 0 Å². The van der Waals surface area contributed by atoms with Gasteiger partial charge in [0.1, 0.15) is 0 Å². The van der Waals surface area contributed by atoms with Crippen LogP contribution in [0.4, 0.5) is 0 Å². The Kier molecular flexibility index (Phi) is 7.58. The normalized spacial score (nSPS) is 11.7. The van der Waals surface area contributed by atoms with Crippen molar-refractivity contribution in [2.75, 3.05) is 26.8 Å². The molecule has 106 valence electrons. The quantitative estimate of drug-likeness (QED) is 0.444. The highest BCUT2D eigenvalue weighted by Gasteiger charge is 1.98. The van der Waals surface area contributed by atoms with E-state index in [4.69, 9.17) is 4.74 Å². The number of aromatic nitrogens is 1. The zero-order valence-corrected chi connectivity index (χ0v) is 12.0. The van der Waals surface area contributed by atoms with Crippen LogP contribution in [0.2, 0.25) is 0 Å². The molecule has 0 aliphatic carbocycles. The van der Waals surface area contributed by atoms with Crippen LogP contribution in [0.15, 0.2) is 29.4 Å². The van der Waals surface area contributed by atoms with Gasteiger partial charge in [0.25, 0.3) is 0 Å². The van der Waals surface area contributed by atoms with Gasteiger partial charge in [-0.1, -0.05) is 19.9 Å². The summed E-state index contributed by atoms with van der Waals surface area (Å²) < 4.78 is 5.50. The molecule has 0 bridgehead atoms. The molecule has 5 nitrogen and oxygen atoms in total.